The molecule has 1 aromatic heterocycles. The maximum atomic E-state index is 10.1. The van der Waals surface area contributed by atoms with E-state index in [1.54, 1.807) is 17.2 Å². The molecule has 0 aliphatic rings. The fraction of sp³-hybridized carbons (Fsp3) is 0.267. The maximum Gasteiger partial charge on any atom is 0.0991 e. The number of nitrogens with zero attached hydrogens (tertiary/aromatic N) is 5. The van der Waals surface area contributed by atoms with Gasteiger partial charge in [0.25, 0.3) is 0 Å². The molecule has 0 aliphatic carbocycles. The van der Waals surface area contributed by atoms with Crippen molar-refractivity contribution in [3.05, 3.63) is 111 Å². The minimum absolute atomic E-state index is 0.0123. The van der Waals surface area contributed by atoms with Crippen LogP contribution in [-0.4, -0.2) is 21.0 Å². The van der Waals surface area contributed by atoms with Crippen LogP contribution in [0.1, 0.15) is 55.0 Å². The van der Waals surface area contributed by atoms with E-state index in [1.165, 1.54) is 9.13 Å². The van der Waals surface area contributed by atoms with Crippen molar-refractivity contribution < 1.29 is 0 Å². The Hall–Kier alpha value is -3.53. The van der Waals surface area contributed by atoms with E-state index in [0.717, 1.165) is 23.2 Å². The summed E-state index contributed by atoms with van der Waals surface area (Å²) in [6, 6.07) is 29.0. The molecule has 1 N–H and O–H groups in total. The monoisotopic (exact) mass is 600 g/mol. The highest BCUT2D eigenvalue weighted by Crippen LogP contribution is 2.36. The van der Waals surface area contributed by atoms with Gasteiger partial charge in [0.05, 0.1) is 47.2 Å². The van der Waals surface area contributed by atoms with Gasteiger partial charge in [-0.15, -0.1) is 0 Å². The SMILES string of the molecule is C[C@H](NC(c1ccc(-n2nccn2)cc1)C(C)(C)C#N)[C@@H](Cc1ccc(I)cc1)c1cccc(C#N)c1. The quantitative estimate of drug-likeness (QED) is 0.227. The van der Waals surface area contributed by atoms with Crippen LogP contribution >= 0.6 is 22.6 Å². The molecule has 7 heteroatoms. The van der Waals surface area contributed by atoms with Crippen LogP contribution in [0.2, 0.25) is 0 Å². The summed E-state index contributed by atoms with van der Waals surface area (Å²) in [5.41, 5.74) is 4.20. The van der Waals surface area contributed by atoms with Crippen LogP contribution in [0, 0.1) is 31.6 Å². The summed E-state index contributed by atoms with van der Waals surface area (Å²) >= 11 is 2.32. The van der Waals surface area contributed by atoms with Crippen LogP contribution in [0.25, 0.3) is 5.69 Å². The normalized spacial score (nSPS) is 13.8. The Bertz CT molecular complexity index is 1400. The van der Waals surface area contributed by atoms with E-state index in [0.29, 0.717) is 5.56 Å². The lowest BCUT2D eigenvalue weighted by atomic mass is 9.79. The molecule has 0 amide bonds. The first kappa shape index (κ1) is 26.5. The smallest absolute Gasteiger partial charge is 0.0991 e. The summed E-state index contributed by atoms with van der Waals surface area (Å²) < 4.78 is 1.19. The van der Waals surface area contributed by atoms with Gasteiger partial charge in [-0.3, -0.25) is 0 Å². The lowest BCUT2D eigenvalue weighted by molar-refractivity contribution is 0.281. The lowest BCUT2D eigenvalue weighted by Gasteiger charge is -2.36. The summed E-state index contributed by atoms with van der Waals surface area (Å²) in [7, 11) is 0. The van der Waals surface area contributed by atoms with Crippen molar-refractivity contribution in [1.82, 2.24) is 20.3 Å². The summed E-state index contributed by atoms with van der Waals surface area (Å²) in [5, 5.41) is 31.8. The predicted molar refractivity (Wildman–Crippen MR) is 153 cm³/mol. The number of nitrogens with one attached hydrogen (secondary N) is 1. The molecule has 3 aromatic carbocycles. The van der Waals surface area contributed by atoms with E-state index < -0.39 is 5.41 Å². The van der Waals surface area contributed by atoms with Crippen LogP contribution in [0.5, 0.6) is 0 Å². The average molecular weight is 601 g/mol. The summed E-state index contributed by atoms with van der Waals surface area (Å²) in [6.07, 6.45) is 4.10. The Labute approximate surface area is 232 Å². The third-order valence-electron chi connectivity index (χ3n) is 6.73. The van der Waals surface area contributed by atoms with Gasteiger partial charge in [-0.1, -0.05) is 36.4 Å². The minimum Gasteiger partial charge on any atom is -0.305 e. The zero-order chi connectivity index (χ0) is 26.4. The van der Waals surface area contributed by atoms with E-state index in [9.17, 15) is 10.5 Å². The molecule has 0 aliphatic heterocycles. The molecule has 1 heterocycles. The third-order valence-corrected chi connectivity index (χ3v) is 7.45. The number of benzene rings is 3. The molecule has 186 valence electrons. The molecule has 3 atom stereocenters. The second-order valence-electron chi connectivity index (χ2n) is 9.81. The minimum atomic E-state index is -0.665. The Balaban J connectivity index is 1.67. The highest BCUT2D eigenvalue weighted by molar-refractivity contribution is 14.1. The van der Waals surface area contributed by atoms with Gasteiger partial charge in [-0.25, -0.2) is 0 Å². The first-order valence-corrected chi connectivity index (χ1v) is 13.3. The number of halogens is 1. The van der Waals surface area contributed by atoms with Crippen LogP contribution in [0.15, 0.2) is 85.2 Å². The molecular formula is C30H29IN6. The van der Waals surface area contributed by atoms with Gasteiger partial charge < -0.3 is 5.32 Å². The molecule has 0 radical (unpaired) electrons. The third kappa shape index (κ3) is 6.43. The largest absolute Gasteiger partial charge is 0.305 e. The van der Waals surface area contributed by atoms with Crippen molar-refractivity contribution in [3.63, 3.8) is 0 Å². The Morgan fingerprint density at radius 1 is 0.946 bits per heavy atom. The summed E-state index contributed by atoms with van der Waals surface area (Å²) in [6.45, 7) is 6.09. The fourth-order valence-corrected chi connectivity index (χ4v) is 4.97. The number of hydrogen-bond acceptors (Lipinski definition) is 5. The molecule has 0 spiro atoms. The van der Waals surface area contributed by atoms with Crippen molar-refractivity contribution in [2.45, 2.75) is 45.2 Å². The topological polar surface area (TPSA) is 90.3 Å². The second kappa shape index (κ2) is 11.7. The highest BCUT2D eigenvalue weighted by atomic mass is 127. The molecule has 6 nitrogen and oxygen atoms in total. The molecule has 0 saturated carbocycles. The maximum absolute atomic E-state index is 10.1. The molecule has 0 saturated heterocycles. The van der Waals surface area contributed by atoms with Gasteiger partial charge in [-0.05, 0) is 103 Å². The van der Waals surface area contributed by atoms with Crippen LogP contribution in [-0.2, 0) is 6.42 Å². The van der Waals surface area contributed by atoms with E-state index in [1.807, 2.05) is 56.3 Å². The standard InChI is InChI=1S/C30H29IN6/c1-21(28(18-22-7-11-26(31)12-8-22)25-6-4-5-23(17-25)19-32)36-29(30(2,3)20-33)24-9-13-27(14-10-24)37-34-15-16-35-37/h4-17,21,28-29,36H,18H2,1-3H3/t21-,28+,29?/m0/s1. The van der Waals surface area contributed by atoms with E-state index in [2.05, 4.69) is 87.5 Å². The van der Waals surface area contributed by atoms with E-state index in [4.69, 9.17) is 0 Å². The first-order valence-electron chi connectivity index (χ1n) is 12.2. The van der Waals surface area contributed by atoms with Crippen LogP contribution in [0.3, 0.4) is 0 Å². The zero-order valence-corrected chi connectivity index (χ0v) is 23.3. The van der Waals surface area contributed by atoms with Gasteiger partial charge in [0.1, 0.15) is 0 Å². The van der Waals surface area contributed by atoms with Crippen molar-refractivity contribution in [2.24, 2.45) is 5.41 Å². The summed E-state index contributed by atoms with van der Waals surface area (Å²) in [5.74, 6) is 0.0953. The van der Waals surface area contributed by atoms with Gasteiger partial charge >= 0.3 is 0 Å². The van der Waals surface area contributed by atoms with Gasteiger partial charge in [0.15, 0.2) is 0 Å². The van der Waals surface area contributed by atoms with Gasteiger partial charge in [-0.2, -0.15) is 25.5 Å². The molecule has 4 rings (SSSR count). The molecule has 0 bridgehead atoms. The second-order valence-corrected chi connectivity index (χ2v) is 11.1. The highest BCUT2D eigenvalue weighted by Gasteiger charge is 2.34. The van der Waals surface area contributed by atoms with Gasteiger partial charge in [0, 0.05) is 15.5 Å². The number of nitriles is 2. The van der Waals surface area contributed by atoms with Crippen LogP contribution in [0.4, 0.5) is 0 Å². The number of rotatable bonds is 9. The number of hydrogen-bond donors (Lipinski definition) is 1. The average Bonchev–Trinajstić information content (AvgIpc) is 3.46. The molecule has 1 unspecified atom stereocenters. The Morgan fingerprint density at radius 3 is 2.24 bits per heavy atom. The van der Waals surface area contributed by atoms with Crippen molar-refractivity contribution >= 4 is 22.6 Å². The predicted octanol–water partition coefficient (Wildman–Crippen LogP) is 6.34. The number of aromatic nitrogens is 3. The summed E-state index contributed by atoms with van der Waals surface area (Å²) in [4.78, 5) is 1.57. The molecular weight excluding hydrogens is 571 g/mol. The van der Waals surface area contributed by atoms with Crippen molar-refractivity contribution in [1.29, 1.82) is 10.5 Å². The van der Waals surface area contributed by atoms with E-state index in [-0.39, 0.29) is 18.0 Å². The fourth-order valence-electron chi connectivity index (χ4n) is 4.61. The Morgan fingerprint density at radius 2 is 1.62 bits per heavy atom. The Kier molecular flexibility index (Phi) is 8.38. The zero-order valence-electron chi connectivity index (χ0n) is 21.1. The van der Waals surface area contributed by atoms with Crippen LogP contribution < -0.4 is 5.32 Å². The molecule has 0 fully saturated rings. The molecule has 37 heavy (non-hydrogen) atoms. The lowest BCUT2D eigenvalue weighted by Crippen LogP contribution is -2.42. The molecule has 4 aromatic rings. The van der Waals surface area contributed by atoms with Gasteiger partial charge in [0.2, 0.25) is 0 Å². The van der Waals surface area contributed by atoms with Crippen molar-refractivity contribution in [3.8, 4) is 17.8 Å². The van der Waals surface area contributed by atoms with E-state index >= 15 is 0 Å². The van der Waals surface area contributed by atoms with Crippen molar-refractivity contribution in [2.75, 3.05) is 0 Å². The first-order chi connectivity index (χ1) is 17.8.